The van der Waals surface area contributed by atoms with Crippen LogP contribution in [0.15, 0.2) is 30.3 Å². The van der Waals surface area contributed by atoms with Gasteiger partial charge >= 0.3 is 6.03 Å². The Morgan fingerprint density at radius 3 is 2.43 bits per heavy atom. The van der Waals surface area contributed by atoms with Gasteiger partial charge in [0, 0.05) is 19.7 Å². The molecule has 2 amide bonds. The van der Waals surface area contributed by atoms with E-state index in [9.17, 15) is 4.79 Å². The number of carbonyl (C=O) groups excluding carboxylic acids is 1. The minimum absolute atomic E-state index is 0.0153. The van der Waals surface area contributed by atoms with Crippen molar-refractivity contribution in [1.82, 2.24) is 10.2 Å². The normalized spacial score (nSPS) is 25.0. The molecule has 2 fully saturated rings. The number of hydrogen-bond acceptors (Lipinski definition) is 2. The minimum atomic E-state index is -0.0153. The second-order valence-electron chi connectivity index (χ2n) is 6.99. The maximum absolute atomic E-state index is 12.7. The molecule has 126 valence electrons. The van der Waals surface area contributed by atoms with Crippen LogP contribution in [0.3, 0.4) is 0 Å². The highest BCUT2D eigenvalue weighted by atomic mass is 16.3. The van der Waals surface area contributed by atoms with Gasteiger partial charge in [-0.05, 0) is 43.1 Å². The summed E-state index contributed by atoms with van der Waals surface area (Å²) in [6.45, 7) is 1.99. The van der Waals surface area contributed by atoms with Crippen molar-refractivity contribution in [2.75, 3.05) is 19.7 Å². The summed E-state index contributed by atoms with van der Waals surface area (Å²) in [5.41, 5.74) is 1.12. The third kappa shape index (κ3) is 4.05. The summed E-state index contributed by atoms with van der Waals surface area (Å²) < 4.78 is 0. The summed E-state index contributed by atoms with van der Waals surface area (Å²) in [5.74, 6) is 1.42. The van der Waals surface area contributed by atoms with Gasteiger partial charge in [0.2, 0.25) is 0 Å². The Morgan fingerprint density at radius 2 is 1.83 bits per heavy atom. The number of likely N-dealkylation sites (tertiary alicyclic amines) is 1. The number of hydrogen-bond donors (Lipinski definition) is 2. The molecule has 1 saturated carbocycles. The average molecular weight is 316 g/mol. The molecule has 1 saturated heterocycles. The molecule has 2 aliphatic rings. The molecule has 0 bridgehead atoms. The molecule has 0 aromatic heterocycles. The fourth-order valence-electron chi connectivity index (χ4n) is 4.11. The van der Waals surface area contributed by atoms with Gasteiger partial charge in [-0.25, -0.2) is 4.79 Å². The van der Waals surface area contributed by atoms with Crippen molar-refractivity contribution in [2.24, 2.45) is 11.8 Å². The number of amides is 2. The molecule has 0 radical (unpaired) electrons. The van der Waals surface area contributed by atoms with Crippen molar-refractivity contribution < 1.29 is 9.90 Å². The molecule has 1 aliphatic heterocycles. The summed E-state index contributed by atoms with van der Waals surface area (Å²) in [5, 5.41) is 12.3. The summed E-state index contributed by atoms with van der Waals surface area (Å²) in [6, 6.07) is 10.1. The second kappa shape index (κ2) is 7.82. The molecule has 4 nitrogen and oxygen atoms in total. The van der Waals surface area contributed by atoms with Gasteiger partial charge in [-0.2, -0.15) is 0 Å². The van der Waals surface area contributed by atoms with Gasteiger partial charge in [0.15, 0.2) is 0 Å². The topological polar surface area (TPSA) is 52.6 Å². The molecule has 3 unspecified atom stereocenters. The first-order valence-electron chi connectivity index (χ1n) is 8.99. The Balaban J connectivity index is 1.61. The van der Waals surface area contributed by atoms with Crippen LogP contribution in [-0.4, -0.2) is 35.7 Å². The van der Waals surface area contributed by atoms with Crippen molar-refractivity contribution in [2.45, 2.75) is 44.6 Å². The molecule has 1 aliphatic carbocycles. The highest BCUT2D eigenvalue weighted by Gasteiger charge is 2.36. The van der Waals surface area contributed by atoms with Gasteiger partial charge in [-0.1, -0.05) is 43.2 Å². The number of nitrogens with zero attached hydrogens (tertiary/aromatic N) is 1. The van der Waals surface area contributed by atoms with Crippen LogP contribution in [0, 0.1) is 11.8 Å². The van der Waals surface area contributed by atoms with Crippen LogP contribution in [0.4, 0.5) is 4.79 Å². The maximum Gasteiger partial charge on any atom is 0.317 e. The largest absolute Gasteiger partial charge is 0.396 e. The Morgan fingerprint density at radius 1 is 1.17 bits per heavy atom. The van der Waals surface area contributed by atoms with Gasteiger partial charge < -0.3 is 15.3 Å². The molecule has 1 aromatic rings. The molecule has 4 heteroatoms. The van der Waals surface area contributed by atoms with Crippen LogP contribution >= 0.6 is 0 Å². The second-order valence-corrected chi connectivity index (χ2v) is 6.99. The lowest BCUT2D eigenvalue weighted by Crippen LogP contribution is -2.40. The smallest absolute Gasteiger partial charge is 0.317 e. The Bertz CT molecular complexity index is 491. The number of nitrogens with one attached hydrogen (secondary N) is 1. The third-order valence-corrected chi connectivity index (χ3v) is 5.41. The zero-order valence-corrected chi connectivity index (χ0v) is 13.8. The standard InChI is InChI=1S/C19H28N2O2/c22-12-6-11-18(15-7-2-1-3-8-15)20-19(23)21-13-16-9-4-5-10-17(16)14-21/h1-3,7-8,16-18,22H,4-6,9-14H2,(H,20,23). The van der Waals surface area contributed by atoms with Crippen molar-refractivity contribution >= 4 is 6.03 Å². The van der Waals surface area contributed by atoms with E-state index in [-0.39, 0.29) is 18.7 Å². The van der Waals surface area contributed by atoms with Gasteiger partial charge in [0.05, 0.1) is 6.04 Å². The lowest BCUT2D eigenvalue weighted by molar-refractivity contribution is 0.199. The number of urea groups is 1. The molecule has 1 aromatic carbocycles. The van der Waals surface area contributed by atoms with Crippen LogP contribution in [0.1, 0.15) is 50.1 Å². The Hall–Kier alpha value is -1.55. The van der Waals surface area contributed by atoms with Crippen molar-refractivity contribution in [3.63, 3.8) is 0 Å². The number of benzene rings is 1. The van der Waals surface area contributed by atoms with Gasteiger partial charge in [-0.15, -0.1) is 0 Å². The van der Waals surface area contributed by atoms with E-state index in [4.69, 9.17) is 5.11 Å². The minimum Gasteiger partial charge on any atom is -0.396 e. The van der Waals surface area contributed by atoms with E-state index in [0.717, 1.165) is 25.1 Å². The van der Waals surface area contributed by atoms with Crippen LogP contribution in [-0.2, 0) is 0 Å². The number of aliphatic hydroxyl groups excluding tert-OH is 1. The number of fused-ring (bicyclic) bond motifs is 1. The van der Waals surface area contributed by atoms with E-state index < -0.39 is 0 Å². The molecule has 23 heavy (non-hydrogen) atoms. The SMILES string of the molecule is O=C(NC(CCCO)c1ccccc1)N1CC2CCCCC2C1. The molecule has 0 spiro atoms. The summed E-state index contributed by atoms with van der Waals surface area (Å²) in [7, 11) is 0. The molecular weight excluding hydrogens is 288 g/mol. The van der Waals surface area contributed by atoms with Crippen LogP contribution in [0.5, 0.6) is 0 Å². The third-order valence-electron chi connectivity index (χ3n) is 5.41. The van der Waals surface area contributed by atoms with Gasteiger partial charge in [0.25, 0.3) is 0 Å². The molecule has 1 heterocycles. The van der Waals surface area contributed by atoms with E-state index in [1.807, 2.05) is 35.2 Å². The van der Waals surface area contributed by atoms with E-state index in [1.165, 1.54) is 25.7 Å². The molecule has 3 rings (SSSR count). The van der Waals surface area contributed by atoms with E-state index in [2.05, 4.69) is 5.32 Å². The van der Waals surface area contributed by atoms with E-state index in [1.54, 1.807) is 0 Å². The number of aliphatic hydroxyl groups is 1. The summed E-state index contributed by atoms with van der Waals surface area (Å²) in [6.07, 6.45) is 6.67. The van der Waals surface area contributed by atoms with E-state index >= 15 is 0 Å². The Kier molecular flexibility index (Phi) is 5.55. The molecule has 2 N–H and O–H groups in total. The van der Waals surface area contributed by atoms with Crippen molar-refractivity contribution in [1.29, 1.82) is 0 Å². The monoisotopic (exact) mass is 316 g/mol. The fourth-order valence-corrected chi connectivity index (χ4v) is 4.11. The fraction of sp³-hybridized carbons (Fsp3) is 0.632. The molecule has 3 atom stereocenters. The number of rotatable bonds is 5. The lowest BCUT2D eigenvalue weighted by atomic mass is 9.82. The molecular formula is C19H28N2O2. The maximum atomic E-state index is 12.7. The van der Waals surface area contributed by atoms with E-state index in [0.29, 0.717) is 18.3 Å². The Labute approximate surface area is 138 Å². The van der Waals surface area contributed by atoms with Crippen LogP contribution in [0.25, 0.3) is 0 Å². The average Bonchev–Trinajstić information content (AvgIpc) is 3.03. The zero-order valence-electron chi connectivity index (χ0n) is 13.8. The highest BCUT2D eigenvalue weighted by Crippen LogP contribution is 2.36. The first-order chi connectivity index (χ1) is 11.3. The van der Waals surface area contributed by atoms with Gasteiger partial charge in [0.1, 0.15) is 0 Å². The first kappa shape index (κ1) is 16.3. The lowest BCUT2D eigenvalue weighted by Gasteiger charge is -2.24. The van der Waals surface area contributed by atoms with Crippen molar-refractivity contribution in [3.05, 3.63) is 35.9 Å². The quantitative estimate of drug-likeness (QED) is 0.875. The predicted octanol–water partition coefficient (Wildman–Crippen LogP) is 3.33. The highest BCUT2D eigenvalue weighted by molar-refractivity contribution is 5.75. The zero-order chi connectivity index (χ0) is 16.1. The van der Waals surface area contributed by atoms with Crippen LogP contribution < -0.4 is 5.32 Å². The first-order valence-corrected chi connectivity index (χ1v) is 8.99. The summed E-state index contributed by atoms with van der Waals surface area (Å²) in [4.78, 5) is 14.7. The predicted molar refractivity (Wildman–Crippen MR) is 91.1 cm³/mol. The van der Waals surface area contributed by atoms with Crippen LogP contribution in [0.2, 0.25) is 0 Å². The summed E-state index contributed by atoms with van der Waals surface area (Å²) >= 11 is 0. The van der Waals surface area contributed by atoms with Gasteiger partial charge in [-0.3, -0.25) is 0 Å². The number of carbonyl (C=O) groups is 1. The van der Waals surface area contributed by atoms with Crippen molar-refractivity contribution in [3.8, 4) is 0 Å².